The molecule has 0 aliphatic rings. The summed E-state index contributed by atoms with van der Waals surface area (Å²) in [7, 11) is 5.78. The second-order valence-corrected chi connectivity index (χ2v) is 4.62. The van der Waals surface area contributed by atoms with E-state index in [9.17, 15) is 4.79 Å². The summed E-state index contributed by atoms with van der Waals surface area (Å²) in [6.07, 6.45) is 1.55. The molecule has 0 atom stereocenters. The van der Waals surface area contributed by atoms with Gasteiger partial charge in [-0.2, -0.15) is 0 Å². The molecule has 5 heteroatoms. The maximum atomic E-state index is 11.8. The van der Waals surface area contributed by atoms with Gasteiger partial charge in [-0.25, -0.2) is 4.98 Å². The van der Waals surface area contributed by atoms with Gasteiger partial charge in [-0.15, -0.1) is 0 Å². The fourth-order valence-electron chi connectivity index (χ4n) is 1.74. The van der Waals surface area contributed by atoms with Crippen molar-refractivity contribution in [3.05, 3.63) is 34.9 Å². The Morgan fingerprint density at radius 1 is 1.39 bits per heavy atom. The maximum absolute atomic E-state index is 11.8. The number of aromatic nitrogens is 2. The van der Waals surface area contributed by atoms with Crippen LogP contribution in [0, 0.1) is 0 Å². The monoisotopic (exact) mass is 246 g/mol. The zero-order valence-electron chi connectivity index (χ0n) is 11.0. The fraction of sp³-hybridized carbons (Fsp3) is 0.385. The minimum Gasteiger partial charge on any atom is -0.384 e. The maximum Gasteiger partial charge on any atom is 0.260 e. The number of hydrogen-bond donors (Lipinski definition) is 1. The van der Waals surface area contributed by atoms with E-state index in [1.165, 1.54) is 4.57 Å². The van der Waals surface area contributed by atoms with Gasteiger partial charge in [-0.1, -0.05) is 0 Å². The third kappa shape index (κ3) is 2.68. The predicted octanol–water partition coefficient (Wildman–Crippen LogP) is 0.907. The number of benzene rings is 1. The molecule has 2 aromatic rings. The summed E-state index contributed by atoms with van der Waals surface area (Å²) in [5.74, 6) is 0. The SMILES string of the molecule is CN(C)CCNc1ccc2c(=O)n(C)cnc2c1. The zero-order chi connectivity index (χ0) is 13.1. The van der Waals surface area contributed by atoms with Crippen LogP contribution in [0.1, 0.15) is 0 Å². The van der Waals surface area contributed by atoms with Gasteiger partial charge < -0.3 is 14.8 Å². The lowest BCUT2D eigenvalue weighted by atomic mass is 10.2. The summed E-state index contributed by atoms with van der Waals surface area (Å²) in [4.78, 5) is 18.2. The minimum absolute atomic E-state index is 0.0140. The Bertz CT molecular complexity index is 603. The summed E-state index contributed by atoms with van der Waals surface area (Å²) < 4.78 is 1.49. The average molecular weight is 246 g/mol. The van der Waals surface area contributed by atoms with Crippen LogP contribution in [0.3, 0.4) is 0 Å². The molecule has 0 radical (unpaired) electrons. The van der Waals surface area contributed by atoms with Crippen LogP contribution in [0.4, 0.5) is 5.69 Å². The number of anilines is 1. The van der Waals surface area contributed by atoms with E-state index in [-0.39, 0.29) is 5.56 Å². The lowest BCUT2D eigenvalue weighted by Gasteiger charge is -2.11. The number of aryl methyl sites for hydroxylation is 1. The molecule has 0 spiro atoms. The van der Waals surface area contributed by atoms with E-state index >= 15 is 0 Å². The normalized spacial score (nSPS) is 11.1. The van der Waals surface area contributed by atoms with E-state index in [0.29, 0.717) is 5.39 Å². The molecule has 18 heavy (non-hydrogen) atoms. The Hall–Kier alpha value is -1.88. The summed E-state index contributed by atoms with van der Waals surface area (Å²) in [5.41, 5.74) is 1.71. The molecule has 0 aliphatic carbocycles. The van der Waals surface area contributed by atoms with Crippen LogP contribution in [0.5, 0.6) is 0 Å². The summed E-state index contributed by atoms with van der Waals surface area (Å²) in [5, 5.41) is 3.96. The highest BCUT2D eigenvalue weighted by Crippen LogP contribution is 2.13. The number of fused-ring (bicyclic) bond motifs is 1. The first kappa shape index (κ1) is 12.6. The van der Waals surface area contributed by atoms with E-state index in [4.69, 9.17) is 0 Å². The third-order valence-corrected chi connectivity index (χ3v) is 2.81. The van der Waals surface area contributed by atoms with Gasteiger partial charge in [0.2, 0.25) is 0 Å². The van der Waals surface area contributed by atoms with Crippen LogP contribution in [0.15, 0.2) is 29.3 Å². The van der Waals surface area contributed by atoms with Crippen molar-refractivity contribution in [2.45, 2.75) is 0 Å². The topological polar surface area (TPSA) is 50.2 Å². The number of nitrogens with zero attached hydrogens (tertiary/aromatic N) is 3. The molecule has 5 nitrogen and oxygen atoms in total. The standard InChI is InChI=1S/C13H18N4O/c1-16(2)7-6-14-10-4-5-11-12(8-10)15-9-17(3)13(11)18/h4-5,8-9,14H,6-7H2,1-3H3. The largest absolute Gasteiger partial charge is 0.384 e. The molecule has 1 aromatic heterocycles. The van der Waals surface area contributed by atoms with Gasteiger partial charge in [0.15, 0.2) is 0 Å². The highest BCUT2D eigenvalue weighted by Gasteiger charge is 2.02. The third-order valence-electron chi connectivity index (χ3n) is 2.81. The Balaban J connectivity index is 2.23. The van der Waals surface area contributed by atoms with Gasteiger partial charge in [-0.05, 0) is 32.3 Å². The Labute approximate surface area is 106 Å². The van der Waals surface area contributed by atoms with Crippen molar-refractivity contribution >= 4 is 16.6 Å². The van der Waals surface area contributed by atoms with E-state index in [1.54, 1.807) is 13.4 Å². The van der Waals surface area contributed by atoms with Crippen LogP contribution in [-0.4, -0.2) is 41.6 Å². The molecule has 0 fully saturated rings. The highest BCUT2D eigenvalue weighted by atomic mass is 16.1. The van der Waals surface area contributed by atoms with Crippen LogP contribution in [-0.2, 0) is 7.05 Å². The summed E-state index contributed by atoms with van der Waals surface area (Å²) in [6.45, 7) is 1.82. The molecule has 1 aromatic carbocycles. The highest BCUT2D eigenvalue weighted by molar-refractivity contribution is 5.81. The Morgan fingerprint density at radius 2 is 2.17 bits per heavy atom. The van der Waals surface area contributed by atoms with E-state index in [2.05, 4.69) is 15.2 Å². The van der Waals surface area contributed by atoms with Crippen LogP contribution in [0.2, 0.25) is 0 Å². The van der Waals surface area contributed by atoms with Crippen molar-refractivity contribution < 1.29 is 0 Å². The Morgan fingerprint density at radius 3 is 2.89 bits per heavy atom. The molecule has 0 amide bonds. The van der Waals surface area contributed by atoms with Crippen molar-refractivity contribution in [1.29, 1.82) is 0 Å². The van der Waals surface area contributed by atoms with Crippen LogP contribution >= 0.6 is 0 Å². The summed E-state index contributed by atoms with van der Waals surface area (Å²) >= 11 is 0. The molecular formula is C13H18N4O. The molecule has 0 unspecified atom stereocenters. The molecule has 96 valence electrons. The Kier molecular flexibility index (Phi) is 3.62. The average Bonchev–Trinajstić information content (AvgIpc) is 2.33. The van der Waals surface area contributed by atoms with Crippen molar-refractivity contribution in [3.8, 4) is 0 Å². The first-order valence-electron chi connectivity index (χ1n) is 5.92. The molecule has 0 saturated carbocycles. The minimum atomic E-state index is -0.0140. The van der Waals surface area contributed by atoms with Gasteiger partial charge in [0.25, 0.3) is 5.56 Å². The van der Waals surface area contributed by atoms with E-state index < -0.39 is 0 Å². The van der Waals surface area contributed by atoms with Crippen molar-refractivity contribution in [2.75, 3.05) is 32.5 Å². The van der Waals surface area contributed by atoms with Crippen molar-refractivity contribution in [1.82, 2.24) is 14.5 Å². The second kappa shape index (κ2) is 5.18. The predicted molar refractivity (Wildman–Crippen MR) is 74.0 cm³/mol. The van der Waals surface area contributed by atoms with Gasteiger partial charge in [0, 0.05) is 25.8 Å². The molecule has 1 N–H and O–H groups in total. The first-order chi connectivity index (χ1) is 8.58. The lowest BCUT2D eigenvalue weighted by Crippen LogP contribution is -2.21. The quantitative estimate of drug-likeness (QED) is 0.871. The number of nitrogens with one attached hydrogen (secondary N) is 1. The molecule has 0 saturated heterocycles. The molecule has 0 bridgehead atoms. The second-order valence-electron chi connectivity index (χ2n) is 4.62. The van der Waals surface area contributed by atoms with Crippen LogP contribution in [0.25, 0.3) is 10.9 Å². The number of rotatable bonds is 4. The first-order valence-corrected chi connectivity index (χ1v) is 5.92. The molecule has 2 rings (SSSR count). The van der Waals surface area contributed by atoms with Crippen LogP contribution < -0.4 is 10.9 Å². The molecule has 1 heterocycles. The van der Waals surface area contributed by atoms with Gasteiger partial charge in [0.05, 0.1) is 17.2 Å². The number of likely N-dealkylation sites (N-methyl/N-ethyl adjacent to an activating group) is 1. The molecule has 0 aliphatic heterocycles. The van der Waals surface area contributed by atoms with E-state index in [0.717, 1.165) is 24.3 Å². The zero-order valence-corrected chi connectivity index (χ0v) is 11.0. The smallest absolute Gasteiger partial charge is 0.260 e. The molecular weight excluding hydrogens is 228 g/mol. The van der Waals surface area contributed by atoms with E-state index in [1.807, 2.05) is 32.3 Å². The fourth-order valence-corrected chi connectivity index (χ4v) is 1.74. The van der Waals surface area contributed by atoms with Crippen molar-refractivity contribution in [2.24, 2.45) is 7.05 Å². The van der Waals surface area contributed by atoms with Crippen molar-refractivity contribution in [3.63, 3.8) is 0 Å². The summed E-state index contributed by atoms with van der Waals surface area (Å²) in [6, 6.07) is 5.65. The van der Waals surface area contributed by atoms with Gasteiger partial charge >= 0.3 is 0 Å². The number of hydrogen-bond acceptors (Lipinski definition) is 4. The van der Waals surface area contributed by atoms with Gasteiger partial charge in [0.1, 0.15) is 0 Å². The lowest BCUT2D eigenvalue weighted by molar-refractivity contribution is 0.425. The van der Waals surface area contributed by atoms with Gasteiger partial charge in [-0.3, -0.25) is 4.79 Å².